The molecule has 3 aromatic rings. The molecule has 0 fully saturated rings. The van der Waals surface area contributed by atoms with Crippen LogP contribution in [-0.2, 0) is 10.0 Å². The zero-order valence-corrected chi connectivity index (χ0v) is 14.2. The second-order valence-corrected chi connectivity index (χ2v) is 7.13. The molecule has 26 heavy (non-hydrogen) atoms. The number of nitro groups is 1. The van der Waals surface area contributed by atoms with Crippen LogP contribution in [0.2, 0.25) is 5.02 Å². The average molecular weight is 398 g/mol. The van der Waals surface area contributed by atoms with E-state index in [1.54, 1.807) is 0 Å². The number of hydrogen-bond donors (Lipinski definition) is 0. The van der Waals surface area contributed by atoms with Crippen molar-refractivity contribution in [3.8, 4) is 5.69 Å². The highest BCUT2D eigenvalue weighted by Gasteiger charge is 2.27. The molecule has 2 aromatic carbocycles. The van der Waals surface area contributed by atoms with Crippen LogP contribution in [0.4, 0.5) is 5.69 Å². The van der Waals surface area contributed by atoms with E-state index in [1.165, 1.54) is 24.3 Å². The molecule has 1 heterocycles. The lowest BCUT2D eigenvalue weighted by molar-refractivity contribution is -0.385. The molecular weight excluding hydrogens is 390 g/mol. The maximum atomic E-state index is 12.6. The van der Waals surface area contributed by atoms with E-state index in [4.69, 9.17) is 11.6 Å². The summed E-state index contributed by atoms with van der Waals surface area (Å²) in [6, 6.07) is 9.44. The Morgan fingerprint density at radius 3 is 2.35 bits per heavy atom. The highest BCUT2D eigenvalue weighted by Crippen LogP contribution is 2.19. The van der Waals surface area contributed by atoms with Gasteiger partial charge in [-0.25, -0.2) is 9.59 Å². The number of benzene rings is 2. The summed E-state index contributed by atoms with van der Waals surface area (Å²) in [7, 11) is -4.66. The van der Waals surface area contributed by atoms with Crippen LogP contribution in [0, 0.1) is 10.1 Å². The third-order valence-corrected chi connectivity index (χ3v) is 5.09. The lowest BCUT2D eigenvalue weighted by atomic mass is 10.3. The smallest absolute Gasteiger partial charge is 0.300 e. The summed E-state index contributed by atoms with van der Waals surface area (Å²) in [6.45, 7) is 0. The predicted octanol–water partition coefficient (Wildman–Crippen LogP) is 1.39. The van der Waals surface area contributed by atoms with E-state index in [2.05, 4.69) is 4.52 Å². The summed E-state index contributed by atoms with van der Waals surface area (Å²) < 4.78 is 30.0. The number of halogens is 1. The van der Waals surface area contributed by atoms with Crippen LogP contribution in [-0.4, -0.2) is 22.1 Å². The highest BCUT2D eigenvalue weighted by molar-refractivity contribution is 7.89. The van der Waals surface area contributed by atoms with Gasteiger partial charge in [0.2, 0.25) is 0 Å². The molecule has 0 amide bonds. The maximum absolute atomic E-state index is 12.6. The van der Waals surface area contributed by atoms with E-state index < -0.39 is 37.0 Å². The second kappa shape index (κ2) is 6.28. The number of aromatic nitrogens is 2. The Bertz CT molecular complexity index is 1220. The van der Waals surface area contributed by atoms with Crippen LogP contribution >= 0.6 is 11.6 Å². The topological polar surface area (TPSA) is 134 Å². The molecular formula is C14H8ClN3O7S. The van der Waals surface area contributed by atoms with Gasteiger partial charge in [0.05, 0.1) is 15.5 Å². The van der Waals surface area contributed by atoms with Gasteiger partial charge in [0.15, 0.2) is 0 Å². The third kappa shape index (κ3) is 2.93. The summed E-state index contributed by atoms with van der Waals surface area (Å²) >= 11 is 5.73. The monoisotopic (exact) mass is 397 g/mol. The van der Waals surface area contributed by atoms with E-state index in [-0.39, 0.29) is 9.83 Å². The zero-order valence-electron chi connectivity index (χ0n) is 12.6. The van der Waals surface area contributed by atoms with Gasteiger partial charge >= 0.3 is 11.4 Å². The van der Waals surface area contributed by atoms with Crippen LogP contribution < -0.4 is 11.4 Å². The highest BCUT2D eigenvalue weighted by atomic mass is 35.5. The Hall–Kier alpha value is -3.18. The second-order valence-electron chi connectivity index (χ2n) is 4.94. The normalized spacial score (nSPS) is 11.4. The minimum Gasteiger partial charge on any atom is -0.300 e. The standard InChI is InChI=1S/C14H8ClN3O7S/c15-9-4-6-10(7-5-9)16-13(19)18(25-14(16)20)26(23,24)12-3-1-2-11(8-12)17(21)22/h1-8H. The lowest BCUT2D eigenvalue weighted by Crippen LogP contribution is -2.30. The molecule has 0 unspecified atom stereocenters. The van der Waals surface area contributed by atoms with E-state index in [0.717, 1.165) is 24.3 Å². The van der Waals surface area contributed by atoms with Crippen LogP contribution in [0.15, 0.2) is 67.5 Å². The molecule has 0 aliphatic heterocycles. The van der Waals surface area contributed by atoms with Crippen molar-refractivity contribution in [2.75, 3.05) is 0 Å². The summed E-state index contributed by atoms with van der Waals surface area (Å²) in [5, 5.41) is 11.2. The molecule has 0 radical (unpaired) electrons. The molecule has 0 saturated heterocycles. The Morgan fingerprint density at radius 2 is 1.73 bits per heavy atom. The Morgan fingerprint density at radius 1 is 1.08 bits per heavy atom. The molecule has 3 rings (SSSR count). The predicted molar refractivity (Wildman–Crippen MR) is 89.3 cm³/mol. The molecule has 0 aliphatic carbocycles. The molecule has 0 atom stereocenters. The summed E-state index contributed by atoms with van der Waals surface area (Å²) in [6.07, 6.45) is 0. The molecule has 0 aliphatic rings. The van der Waals surface area contributed by atoms with E-state index in [1.807, 2.05) is 0 Å². The van der Waals surface area contributed by atoms with Gasteiger partial charge in [-0.15, -0.1) is 0 Å². The molecule has 10 nitrogen and oxygen atoms in total. The molecule has 12 heteroatoms. The van der Waals surface area contributed by atoms with Crippen molar-refractivity contribution in [2.45, 2.75) is 4.90 Å². The molecule has 0 bridgehead atoms. The fourth-order valence-electron chi connectivity index (χ4n) is 2.12. The Kier molecular flexibility index (Phi) is 4.26. The van der Waals surface area contributed by atoms with Gasteiger partial charge in [0.25, 0.3) is 15.7 Å². The van der Waals surface area contributed by atoms with Crippen molar-refractivity contribution < 1.29 is 17.9 Å². The van der Waals surface area contributed by atoms with Crippen molar-refractivity contribution in [2.24, 2.45) is 0 Å². The third-order valence-electron chi connectivity index (χ3n) is 3.32. The van der Waals surface area contributed by atoms with Gasteiger partial charge in [0, 0.05) is 17.2 Å². The average Bonchev–Trinajstić information content (AvgIpc) is 2.91. The van der Waals surface area contributed by atoms with Gasteiger partial charge in [-0.2, -0.15) is 13.0 Å². The summed E-state index contributed by atoms with van der Waals surface area (Å²) in [4.78, 5) is 33.8. The number of rotatable bonds is 4. The van der Waals surface area contributed by atoms with Gasteiger partial charge in [-0.05, 0) is 34.5 Å². The van der Waals surface area contributed by atoms with Crippen LogP contribution in [0.1, 0.15) is 0 Å². The first-order chi connectivity index (χ1) is 12.2. The van der Waals surface area contributed by atoms with E-state index in [9.17, 15) is 28.1 Å². The minimum absolute atomic E-state index is 0.0427. The van der Waals surface area contributed by atoms with E-state index >= 15 is 0 Å². The molecule has 0 spiro atoms. The van der Waals surface area contributed by atoms with Gasteiger partial charge in [0.1, 0.15) is 0 Å². The van der Waals surface area contributed by atoms with E-state index in [0.29, 0.717) is 9.59 Å². The lowest BCUT2D eigenvalue weighted by Gasteiger charge is -2.02. The largest absolute Gasteiger partial charge is 0.448 e. The molecule has 1 aromatic heterocycles. The molecule has 0 saturated carbocycles. The summed E-state index contributed by atoms with van der Waals surface area (Å²) in [5.74, 6) is -1.24. The zero-order chi connectivity index (χ0) is 19.1. The van der Waals surface area contributed by atoms with Gasteiger partial charge in [-0.1, -0.05) is 17.7 Å². The van der Waals surface area contributed by atoms with Crippen molar-refractivity contribution in [1.29, 1.82) is 0 Å². The number of nitro benzene ring substituents is 1. The Balaban J connectivity index is 2.19. The van der Waals surface area contributed by atoms with Crippen LogP contribution in [0.25, 0.3) is 5.69 Å². The number of nitrogens with zero attached hydrogens (tertiary/aromatic N) is 3. The quantitative estimate of drug-likeness (QED) is 0.479. The summed E-state index contributed by atoms with van der Waals surface area (Å²) in [5.41, 5.74) is -1.75. The van der Waals surface area contributed by atoms with Gasteiger partial charge in [-0.3, -0.25) is 10.1 Å². The minimum atomic E-state index is -4.66. The SMILES string of the molecule is O=c1on(S(=O)(=O)c2cccc([N+](=O)[O-])c2)c(=O)n1-c1ccc(Cl)cc1. The maximum Gasteiger partial charge on any atom is 0.448 e. The first-order valence-electron chi connectivity index (χ1n) is 6.83. The number of non-ortho nitro benzene ring substituents is 1. The van der Waals surface area contributed by atoms with Crippen molar-refractivity contribution >= 4 is 27.3 Å². The van der Waals surface area contributed by atoms with Gasteiger partial charge < -0.3 is 4.52 Å². The Labute approximate surface area is 149 Å². The first kappa shape index (κ1) is 17.6. The van der Waals surface area contributed by atoms with Crippen LogP contribution in [0.5, 0.6) is 0 Å². The fourth-order valence-corrected chi connectivity index (χ4v) is 3.41. The van der Waals surface area contributed by atoms with Crippen molar-refractivity contribution in [1.82, 2.24) is 8.71 Å². The van der Waals surface area contributed by atoms with Crippen molar-refractivity contribution in [3.63, 3.8) is 0 Å². The number of hydrogen-bond acceptors (Lipinski definition) is 7. The first-order valence-corrected chi connectivity index (χ1v) is 8.65. The molecule has 134 valence electrons. The van der Waals surface area contributed by atoms with Crippen molar-refractivity contribution in [3.05, 3.63) is 84.7 Å². The van der Waals surface area contributed by atoms with Crippen LogP contribution in [0.3, 0.4) is 0 Å². The fraction of sp³-hybridized carbons (Fsp3) is 0. The molecule has 0 N–H and O–H groups in total.